The maximum absolute atomic E-state index is 11.8. The number of rotatable bonds is 7. The van der Waals surface area contributed by atoms with Crippen LogP contribution in [0.25, 0.3) is 0 Å². The van der Waals surface area contributed by atoms with Gasteiger partial charge in [0.25, 0.3) is 11.6 Å². The van der Waals surface area contributed by atoms with Gasteiger partial charge in [-0.25, -0.2) is 4.79 Å². The maximum atomic E-state index is 11.8. The molecular weight excluding hydrogens is 467 g/mol. The van der Waals surface area contributed by atoms with Gasteiger partial charge in [0.15, 0.2) is 13.2 Å². The van der Waals surface area contributed by atoms with E-state index in [0.29, 0.717) is 15.2 Å². The van der Waals surface area contributed by atoms with E-state index < -0.39 is 30.0 Å². The van der Waals surface area contributed by atoms with Crippen molar-refractivity contribution in [3.8, 4) is 5.75 Å². The molecule has 27 heavy (non-hydrogen) atoms. The van der Waals surface area contributed by atoms with E-state index in [-0.39, 0.29) is 16.5 Å². The molecule has 0 unspecified atom stereocenters. The number of carbonyl (C=O) groups is 2. The summed E-state index contributed by atoms with van der Waals surface area (Å²) in [4.78, 5) is 33.6. The van der Waals surface area contributed by atoms with Crippen molar-refractivity contribution in [2.75, 3.05) is 18.5 Å². The highest BCUT2D eigenvalue weighted by atomic mass is 79.9. The van der Waals surface area contributed by atoms with Gasteiger partial charge in [0.2, 0.25) is 0 Å². The normalized spacial score (nSPS) is 10.2. The number of halogens is 3. The summed E-state index contributed by atoms with van der Waals surface area (Å²) in [6, 6.07) is 8.33. The molecule has 0 spiro atoms. The average Bonchev–Trinajstić information content (AvgIpc) is 2.60. The number of non-ortho nitro benzene ring substituents is 1. The van der Waals surface area contributed by atoms with Crippen LogP contribution in [-0.4, -0.2) is 30.0 Å². The van der Waals surface area contributed by atoms with E-state index in [1.54, 1.807) is 6.07 Å². The fourth-order valence-corrected chi connectivity index (χ4v) is 2.75. The molecule has 0 fully saturated rings. The largest absolute Gasteiger partial charge is 0.480 e. The van der Waals surface area contributed by atoms with Crippen molar-refractivity contribution in [2.45, 2.75) is 0 Å². The second kappa shape index (κ2) is 9.54. The van der Waals surface area contributed by atoms with Gasteiger partial charge >= 0.3 is 5.97 Å². The fourth-order valence-electron chi connectivity index (χ4n) is 1.82. The molecule has 2 aromatic carbocycles. The average molecular weight is 478 g/mol. The van der Waals surface area contributed by atoms with Crippen LogP contribution in [0.3, 0.4) is 0 Å². The third kappa shape index (κ3) is 6.38. The highest BCUT2D eigenvalue weighted by Gasteiger charge is 2.13. The van der Waals surface area contributed by atoms with Crippen molar-refractivity contribution in [3.63, 3.8) is 0 Å². The predicted molar refractivity (Wildman–Crippen MR) is 102 cm³/mol. The minimum absolute atomic E-state index is 0.135. The number of nitrogens with one attached hydrogen (secondary N) is 1. The zero-order chi connectivity index (χ0) is 20.0. The van der Waals surface area contributed by atoms with E-state index in [2.05, 4.69) is 21.2 Å². The number of benzene rings is 2. The Bertz CT molecular complexity index is 893. The quantitative estimate of drug-likeness (QED) is 0.363. The summed E-state index contributed by atoms with van der Waals surface area (Å²) in [5.41, 5.74) is 0.162. The molecule has 0 aromatic heterocycles. The molecular formula is C16H11BrCl2N2O6. The van der Waals surface area contributed by atoms with Gasteiger partial charge in [0.05, 0.1) is 15.6 Å². The summed E-state index contributed by atoms with van der Waals surface area (Å²) in [6.07, 6.45) is 0. The van der Waals surface area contributed by atoms with Crippen LogP contribution in [0, 0.1) is 10.1 Å². The molecule has 0 saturated carbocycles. The molecule has 8 nitrogen and oxygen atoms in total. The molecule has 142 valence electrons. The Balaban J connectivity index is 1.81. The summed E-state index contributed by atoms with van der Waals surface area (Å²) in [5, 5.41) is 13.8. The van der Waals surface area contributed by atoms with Gasteiger partial charge in [0.1, 0.15) is 5.75 Å². The fraction of sp³-hybridized carbons (Fsp3) is 0.125. The number of amides is 1. The molecule has 0 aliphatic carbocycles. The van der Waals surface area contributed by atoms with Gasteiger partial charge in [0, 0.05) is 21.6 Å². The number of nitrogens with zero attached hydrogens (tertiary/aromatic N) is 1. The molecule has 11 heteroatoms. The second-order valence-corrected chi connectivity index (χ2v) is 6.69. The van der Waals surface area contributed by atoms with Crippen LogP contribution in [0.4, 0.5) is 11.4 Å². The van der Waals surface area contributed by atoms with E-state index in [1.807, 2.05) is 0 Å². The number of carbonyl (C=O) groups excluding carboxylic acids is 2. The Kier molecular flexibility index (Phi) is 7.40. The monoisotopic (exact) mass is 476 g/mol. The van der Waals surface area contributed by atoms with E-state index in [4.69, 9.17) is 32.7 Å². The standard InChI is InChI=1S/C16H11BrCl2N2O6/c17-11-6-10(21(24)25)2-3-13(11)20-15(22)7-27-16(23)8-26-14-4-1-9(18)5-12(14)19/h1-6H,7-8H2,(H,20,22). The van der Waals surface area contributed by atoms with Crippen molar-refractivity contribution in [2.24, 2.45) is 0 Å². The second-order valence-electron chi connectivity index (χ2n) is 4.99. The predicted octanol–water partition coefficient (Wildman–Crippen LogP) is 4.22. The Morgan fingerprint density at radius 1 is 1.15 bits per heavy atom. The minimum atomic E-state index is -0.779. The van der Waals surface area contributed by atoms with E-state index >= 15 is 0 Å². The molecule has 0 radical (unpaired) electrons. The Morgan fingerprint density at radius 3 is 2.52 bits per heavy atom. The van der Waals surface area contributed by atoms with Crippen molar-refractivity contribution in [3.05, 3.63) is 61.0 Å². The molecule has 0 atom stereocenters. The lowest BCUT2D eigenvalue weighted by atomic mass is 10.3. The first-order chi connectivity index (χ1) is 12.8. The lowest BCUT2D eigenvalue weighted by Gasteiger charge is -2.09. The van der Waals surface area contributed by atoms with Crippen LogP contribution in [0.1, 0.15) is 0 Å². The third-order valence-electron chi connectivity index (χ3n) is 3.04. The smallest absolute Gasteiger partial charge is 0.344 e. The van der Waals surface area contributed by atoms with Gasteiger partial charge < -0.3 is 14.8 Å². The molecule has 0 aliphatic heterocycles. The first-order valence-electron chi connectivity index (χ1n) is 7.23. The van der Waals surface area contributed by atoms with Crippen LogP contribution in [0.15, 0.2) is 40.9 Å². The Hall–Kier alpha value is -2.36. The van der Waals surface area contributed by atoms with E-state index in [9.17, 15) is 19.7 Å². The Morgan fingerprint density at radius 2 is 1.89 bits per heavy atom. The van der Waals surface area contributed by atoms with Crippen molar-refractivity contribution in [1.29, 1.82) is 0 Å². The lowest BCUT2D eigenvalue weighted by molar-refractivity contribution is -0.384. The molecule has 2 rings (SSSR count). The first kappa shape index (κ1) is 20.9. The van der Waals surface area contributed by atoms with Crippen LogP contribution in [-0.2, 0) is 14.3 Å². The molecule has 1 amide bonds. The number of anilines is 1. The first-order valence-corrected chi connectivity index (χ1v) is 8.78. The molecule has 2 aromatic rings. The number of hydrogen-bond acceptors (Lipinski definition) is 6. The van der Waals surface area contributed by atoms with Gasteiger partial charge in [-0.1, -0.05) is 23.2 Å². The van der Waals surface area contributed by atoms with Gasteiger partial charge in [-0.3, -0.25) is 14.9 Å². The molecule has 1 N–H and O–H groups in total. The van der Waals surface area contributed by atoms with E-state index in [0.717, 1.165) is 0 Å². The van der Waals surface area contributed by atoms with Gasteiger partial charge in [-0.05, 0) is 40.2 Å². The lowest BCUT2D eigenvalue weighted by Crippen LogP contribution is -2.23. The molecule has 0 heterocycles. The number of hydrogen-bond donors (Lipinski definition) is 1. The topological polar surface area (TPSA) is 108 Å². The van der Waals surface area contributed by atoms with E-state index in [1.165, 1.54) is 30.3 Å². The Labute approximate surface area is 171 Å². The molecule has 0 aliphatic rings. The van der Waals surface area contributed by atoms with Gasteiger partial charge in [-0.2, -0.15) is 0 Å². The number of nitro benzene ring substituents is 1. The van der Waals surface area contributed by atoms with Crippen molar-refractivity contribution < 1.29 is 24.0 Å². The van der Waals surface area contributed by atoms with Gasteiger partial charge in [-0.15, -0.1) is 0 Å². The maximum Gasteiger partial charge on any atom is 0.344 e. The zero-order valence-corrected chi connectivity index (χ0v) is 16.5. The van der Waals surface area contributed by atoms with Crippen LogP contribution >= 0.6 is 39.1 Å². The molecule has 0 saturated heterocycles. The summed E-state index contributed by atoms with van der Waals surface area (Å²) >= 11 is 14.8. The van der Waals surface area contributed by atoms with Crippen LogP contribution in [0.2, 0.25) is 10.0 Å². The summed E-state index contributed by atoms with van der Waals surface area (Å²) in [5.74, 6) is -1.15. The highest BCUT2D eigenvalue weighted by Crippen LogP contribution is 2.28. The zero-order valence-electron chi connectivity index (χ0n) is 13.4. The highest BCUT2D eigenvalue weighted by molar-refractivity contribution is 9.10. The summed E-state index contributed by atoms with van der Waals surface area (Å²) in [6.45, 7) is -1.00. The van der Waals surface area contributed by atoms with Crippen molar-refractivity contribution >= 4 is 62.4 Å². The van der Waals surface area contributed by atoms with Crippen LogP contribution < -0.4 is 10.1 Å². The SMILES string of the molecule is O=C(COC(=O)COc1ccc(Cl)cc1Cl)Nc1ccc([N+](=O)[O-])cc1Br. The summed E-state index contributed by atoms with van der Waals surface area (Å²) in [7, 11) is 0. The van der Waals surface area contributed by atoms with Crippen LogP contribution in [0.5, 0.6) is 5.75 Å². The number of nitro groups is 1. The van der Waals surface area contributed by atoms with Crippen molar-refractivity contribution in [1.82, 2.24) is 0 Å². The number of ether oxygens (including phenoxy) is 2. The minimum Gasteiger partial charge on any atom is -0.480 e. The number of esters is 1. The third-order valence-corrected chi connectivity index (χ3v) is 4.23. The molecule has 0 bridgehead atoms. The summed E-state index contributed by atoms with van der Waals surface area (Å²) < 4.78 is 10.3.